The van der Waals surface area contributed by atoms with Crippen LogP contribution in [0.5, 0.6) is 11.5 Å². The third kappa shape index (κ3) is 7.44. The summed E-state index contributed by atoms with van der Waals surface area (Å²) in [6.07, 6.45) is 1.69. The van der Waals surface area contributed by atoms with Gasteiger partial charge in [0, 0.05) is 42.3 Å². The van der Waals surface area contributed by atoms with Gasteiger partial charge in [-0.05, 0) is 79.8 Å². The molecule has 4 aromatic rings. The molecular weight excluding hydrogens is 594 g/mol. The van der Waals surface area contributed by atoms with Crippen LogP contribution in [0.4, 0.5) is 33.6 Å². The normalized spacial score (nSPS) is 12.6. The molecule has 2 heterocycles. The van der Waals surface area contributed by atoms with E-state index < -0.39 is 0 Å². The molecule has 0 bridgehead atoms. The molecule has 0 aliphatic carbocycles. The van der Waals surface area contributed by atoms with Gasteiger partial charge in [0.15, 0.2) is 0 Å². The van der Waals surface area contributed by atoms with Crippen molar-refractivity contribution in [1.82, 2.24) is 14.9 Å². The number of hydrogen-bond acceptors (Lipinski definition) is 8. The Labute approximate surface area is 267 Å². The predicted octanol–water partition coefficient (Wildman–Crippen LogP) is 6.43. The SMILES string of the molecule is CCN(CC)CCOc1ccc(Nc2ncc3c(n2)N(C)C(=O)N(c2cc(NC(=O)c4ccc(OC)cc4)ccc2Cl)C3)cc1. The Balaban J connectivity index is 1.26. The lowest BCUT2D eigenvalue weighted by atomic mass is 10.1. The second kappa shape index (κ2) is 14.3. The standard InChI is InChI=1S/C33H36ClN7O4/c1-5-40(6-2)17-18-45-27-14-9-24(10-15-27)37-32-35-20-23-21-41(33(43)39(3)30(23)38-32)29-19-25(11-16-28(29)34)36-31(42)22-7-12-26(44-4)13-8-22/h7-16,19-20H,5-6,17-18,21H2,1-4H3,(H,36,42)(H,35,37,38). The first-order valence-corrected chi connectivity index (χ1v) is 15.1. The van der Waals surface area contributed by atoms with Crippen LogP contribution in [0.1, 0.15) is 29.8 Å². The number of fused-ring (bicyclic) bond motifs is 1. The van der Waals surface area contributed by atoms with Crippen molar-refractivity contribution in [3.05, 3.63) is 89.1 Å². The first kappa shape index (κ1) is 31.6. The van der Waals surface area contributed by atoms with Crippen LogP contribution in [0, 0.1) is 0 Å². The Morgan fingerprint density at radius 2 is 1.69 bits per heavy atom. The van der Waals surface area contributed by atoms with Gasteiger partial charge in [0.1, 0.15) is 23.9 Å². The summed E-state index contributed by atoms with van der Waals surface area (Å²) in [5.41, 5.74) is 2.94. The van der Waals surface area contributed by atoms with Gasteiger partial charge < -0.3 is 25.0 Å². The number of aromatic nitrogens is 2. The third-order valence-corrected chi connectivity index (χ3v) is 7.85. The molecule has 3 aromatic carbocycles. The van der Waals surface area contributed by atoms with Gasteiger partial charge in [-0.2, -0.15) is 4.98 Å². The minimum absolute atomic E-state index is 0.202. The number of likely N-dealkylation sites (N-methyl/N-ethyl adjacent to an activating group) is 1. The predicted molar refractivity (Wildman–Crippen MR) is 177 cm³/mol. The molecule has 0 fully saturated rings. The van der Waals surface area contributed by atoms with Crippen LogP contribution in [0.2, 0.25) is 5.02 Å². The summed E-state index contributed by atoms with van der Waals surface area (Å²) in [6, 6.07) is 19.1. The highest BCUT2D eigenvalue weighted by molar-refractivity contribution is 6.34. The van der Waals surface area contributed by atoms with Gasteiger partial charge in [0.2, 0.25) is 5.95 Å². The highest BCUT2D eigenvalue weighted by Gasteiger charge is 2.32. The fourth-order valence-electron chi connectivity index (χ4n) is 4.90. The van der Waals surface area contributed by atoms with E-state index in [2.05, 4.69) is 39.3 Å². The number of amides is 3. The number of ether oxygens (including phenoxy) is 2. The molecule has 0 spiro atoms. The van der Waals surface area contributed by atoms with Gasteiger partial charge in [-0.3, -0.25) is 14.6 Å². The van der Waals surface area contributed by atoms with Crippen molar-refractivity contribution < 1.29 is 19.1 Å². The number of rotatable bonds is 12. The number of halogens is 1. The van der Waals surface area contributed by atoms with Crippen LogP contribution < -0.4 is 29.9 Å². The molecule has 234 valence electrons. The molecule has 1 aliphatic heterocycles. The van der Waals surface area contributed by atoms with Crippen molar-refractivity contribution in [1.29, 1.82) is 0 Å². The number of nitrogens with zero attached hydrogens (tertiary/aromatic N) is 5. The number of carbonyl (C=O) groups is 2. The van der Waals surface area contributed by atoms with E-state index in [-0.39, 0.29) is 18.5 Å². The lowest BCUT2D eigenvalue weighted by Crippen LogP contribution is -2.46. The molecule has 1 aromatic heterocycles. The van der Waals surface area contributed by atoms with Gasteiger partial charge >= 0.3 is 6.03 Å². The van der Waals surface area contributed by atoms with E-state index in [9.17, 15) is 9.59 Å². The van der Waals surface area contributed by atoms with E-state index in [1.165, 1.54) is 9.80 Å². The van der Waals surface area contributed by atoms with Crippen molar-refractivity contribution in [2.75, 3.05) is 60.8 Å². The zero-order chi connectivity index (χ0) is 31.9. The van der Waals surface area contributed by atoms with Crippen molar-refractivity contribution in [3.63, 3.8) is 0 Å². The molecule has 2 N–H and O–H groups in total. The van der Waals surface area contributed by atoms with Crippen molar-refractivity contribution in [2.45, 2.75) is 20.4 Å². The zero-order valence-electron chi connectivity index (χ0n) is 25.7. The van der Waals surface area contributed by atoms with Crippen LogP contribution in [0.25, 0.3) is 0 Å². The summed E-state index contributed by atoms with van der Waals surface area (Å²) in [7, 11) is 3.22. The maximum Gasteiger partial charge on any atom is 0.330 e. The van der Waals surface area contributed by atoms with Gasteiger partial charge in [0.25, 0.3) is 5.91 Å². The van der Waals surface area contributed by atoms with Crippen LogP contribution in [0.15, 0.2) is 72.9 Å². The highest BCUT2D eigenvalue weighted by Crippen LogP contribution is 2.36. The van der Waals surface area contributed by atoms with Crippen LogP contribution >= 0.6 is 11.6 Å². The number of urea groups is 1. The van der Waals surface area contributed by atoms with Crippen molar-refractivity contribution >= 4 is 52.4 Å². The van der Waals surface area contributed by atoms with E-state index in [1.54, 1.807) is 62.8 Å². The third-order valence-electron chi connectivity index (χ3n) is 7.53. The Morgan fingerprint density at radius 1 is 1.00 bits per heavy atom. The zero-order valence-corrected chi connectivity index (χ0v) is 26.5. The maximum absolute atomic E-state index is 13.5. The average molecular weight is 630 g/mol. The largest absolute Gasteiger partial charge is 0.497 e. The summed E-state index contributed by atoms with van der Waals surface area (Å²) in [4.78, 5) is 40.8. The first-order chi connectivity index (χ1) is 21.8. The second-order valence-electron chi connectivity index (χ2n) is 10.3. The highest BCUT2D eigenvalue weighted by atomic mass is 35.5. The van der Waals surface area contributed by atoms with E-state index in [1.807, 2.05) is 24.3 Å². The number of benzene rings is 3. The van der Waals surface area contributed by atoms with Gasteiger partial charge in [0.05, 0.1) is 24.4 Å². The number of methoxy groups -OCH3 is 1. The number of nitrogens with one attached hydrogen (secondary N) is 2. The fourth-order valence-corrected chi connectivity index (χ4v) is 5.12. The Kier molecular flexibility index (Phi) is 10.0. The molecule has 45 heavy (non-hydrogen) atoms. The first-order valence-electron chi connectivity index (χ1n) is 14.7. The number of carbonyl (C=O) groups excluding carboxylic acids is 2. The van der Waals surface area contributed by atoms with E-state index >= 15 is 0 Å². The molecule has 3 amide bonds. The number of hydrogen-bond donors (Lipinski definition) is 2. The molecular formula is C33H36ClN7O4. The molecule has 0 radical (unpaired) electrons. The minimum Gasteiger partial charge on any atom is -0.497 e. The van der Waals surface area contributed by atoms with Gasteiger partial charge in [-0.15, -0.1) is 0 Å². The quantitative estimate of drug-likeness (QED) is 0.184. The van der Waals surface area contributed by atoms with E-state index in [0.717, 1.165) is 36.6 Å². The van der Waals surface area contributed by atoms with Gasteiger partial charge in [-0.25, -0.2) is 9.78 Å². The van der Waals surface area contributed by atoms with Crippen molar-refractivity contribution in [2.24, 2.45) is 0 Å². The summed E-state index contributed by atoms with van der Waals surface area (Å²) in [6.45, 7) is 7.96. The van der Waals surface area contributed by atoms with Gasteiger partial charge in [-0.1, -0.05) is 25.4 Å². The topological polar surface area (TPSA) is 112 Å². The maximum atomic E-state index is 13.5. The molecule has 5 rings (SSSR count). The lowest BCUT2D eigenvalue weighted by Gasteiger charge is -2.34. The second-order valence-corrected chi connectivity index (χ2v) is 10.8. The van der Waals surface area contributed by atoms with E-state index in [4.69, 9.17) is 21.1 Å². The monoisotopic (exact) mass is 629 g/mol. The molecule has 0 saturated heterocycles. The fraction of sp³-hybridized carbons (Fsp3) is 0.273. The Hall–Kier alpha value is -4.87. The average Bonchev–Trinajstić information content (AvgIpc) is 3.06. The summed E-state index contributed by atoms with van der Waals surface area (Å²) in [5.74, 6) is 1.99. The number of anilines is 5. The molecule has 0 saturated carbocycles. The lowest BCUT2D eigenvalue weighted by molar-refractivity contribution is 0.102. The minimum atomic E-state index is -0.320. The smallest absolute Gasteiger partial charge is 0.330 e. The summed E-state index contributed by atoms with van der Waals surface area (Å²) >= 11 is 6.55. The molecule has 1 aliphatic rings. The molecule has 11 nitrogen and oxygen atoms in total. The molecule has 0 unspecified atom stereocenters. The van der Waals surface area contributed by atoms with Crippen molar-refractivity contribution in [3.8, 4) is 11.5 Å². The summed E-state index contributed by atoms with van der Waals surface area (Å²) in [5, 5.41) is 6.43. The van der Waals surface area contributed by atoms with E-state index in [0.29, 0.717) is 46.1 Å². The molecule has 0 atom stereocenters. The van der Waals surface area contributed by atoms with Crippen LogP contribution in [-0.2, 0) is 6.54 Å². The Morgan fingerprint density at radius 3 is 2.38 bits per heavy atom. The van der Waals surface area contributed by atoms with Crippen LogP contribution in [0.3, 0.4) is 0 Å². The summed E-state index contributed by atoms with van der Waals surface area (Å²) < 4.78 is 11.0. The molecule has 12 heteroatoms. The van der Waals surface area contributed by atoms with Crippen LogP contribution in [-0.4, -0.2) is 67.2 Å². The Bertz CT molecular complexity index is 1650.